The smallest absolute Gasteiger partial charge is 0.227 e. The van der Waals surface area contributed by atoms with E-state index in [1.54, 1.807) is 34.2 Å². The fraction of sp³-hybridized carbons (Fsp3) is 0.286. The zero-order valence-electron chi connectivity index (χ0n) is 12.1. The van der Waals surface area contributed by atoms with Gasteiger partial charge >= 0.3 is 0 Å². The van der Waals surface area contributed by atoms with Gasteiger partial charge in [0.2, 0.25) is 5.91 Å². The average Bonchev–Trinajstić information content (AvgIpc) is 2.91. The lowest BCUT2D eigenvalue weighted by Crippen LogP contribution is -2.30. The van der Waals surface area contributed by atoms with Crippen LogP contribution in [0.25, 0.3) is 5.69 Å². The number of amides is 1. The van der Waals surface area contributed by atoms with Crippen molar-refractivity contribution in [3.8, 4) is 5.69 Å². The van der Waals surface area contributed by atoms with Gasteiger partial charge in [-0.05, 0) is 25.5 Å². The number of rotatable bonds is 6. The largest absolute Gasteiger partial charge is 0.411 e. The van der Waals surface area contributed by atoms with Crippen LogP contribution in [0.4, 0.5) is 5.69 Å². The van der Waals surface area contributed by atoms with Crippen LogP contribution in [0.15, 0.2) is 35.9 Å². The summed E-state index contributed by atoms with van der Waals surface area (Å²) in [6.07, 6.45) is 6.89. The Morgan fingerprint density at radius 3 is 3.05 bits per heavy atom. The highest BCUT2D eigenvalue weighted by molar-refractivity contribution is 6.32. The molecule has 0 atom stereocenters. The zero-order chi connectivity index (χ0) is 15.9. The van der Waals surface area contributed by atoms with E-state index >= 15 is 0 Å². The van der Waals surface area contributed by atoms with Crippen LogP contribution < -0.4 is 4.90 Å². The molecule has 0 spiro atoms. The predicted octanol–water partition coefficient (Wildman–Crippen LogP) is 2.51. The van der Waals surface area contributed by atoms with Gasteiger partial charge in [0.15, 0.2) is 5.15 Å². The molecule has 0 aliphatic carbocycles. The third-order valence-electron chi connectivity index (χ3n) is 3.04. The van der Waals surface area contributed by atoms with Crippen molar-refractivity contribution >= 4 is 29.4 Å². The summed E-state index contributed by atoms with van der Waals surface area (Å²) in [5.41, 5.74) is 1.30. The van der Waals surface area contributed by atoms with Crippen LogP contribution in [0.1, 0.15) is 19.8 Å². The van der Waals surface area contributed by atoms with Crippen molar-refractivity contribution in [1.29, 1.82) is 0 Å². The molecule has 1 N–H and O–H groups in total. The number of carbonyl (C=O) groups is 1. The van der Waals surface area contributed by atoms with Gasteiger partial charge in [-0.15, -0.1) is 5.16 Å². The lowest BCUT2D eigenvalue weighted by Gasteiger charge is -2.18. The fourth-order valence-electron chi connectivity index (χ4n) is 2.01. The average molecular weight is 322 g/mol. The summed E-state index contributed by atoms with van der Waals surface area (Å²) in [7, 11) is 0. The molecule has 2 aromatic heterocycles. The molecule has 0 aliphatic heterocycles. The van der Waals surface area contributed by atoms with Gasteiger partial charge in [-0.25, -0.2) is 4.68 Å². The lowest BCUT2D eigenvalue weighted by molar-refractivity contribution is -0.118. The SMILES string of the molecule is CCN(C(=O)CCC=NO)c1cn(-c2cccnc2)nc1Cl. The van der Waals surface area contributed by atoms with Crippen LogP contribution in [0.5, 0.6) is 0 Å². The minimum Gasteiger partial charge on any atom is -0.411 e. The number of aromatic nitrogens is 3. The predicted molar refractivity (Wildman–Crippen MR) is 83.9 cm³/mol. The van der Waals surface area contributed by atoms with E-state index < -0.39 is 0 Å². The Balaban J connectivity index is 2.23. The number of oxime groups is 1. The number of hydrogen-bond acceptors (Lipinski definition) is 5. The maximum Gasteiger partial charge on any atom is 0.227 e. The first-order valence-electron chi connectivity index (χ1n) is 6.79. The van der Waals surface area contributed by atoms with Crippen LogP contribution in [0.2, 0.25) is 5.15 Å². The molecule has 0 saturated heterocycles. The molecule has 1 amide bonds. The number of hydrogen-bond donors (Lipinski definition) is 1. The normalized spacial score (nSPS) is 11.0. The van der Waals surface area contributed by atoms with E-state index in [-0.39, 0.29) is 17.5 Å². The van der Waals surface area contributed by atoms with Gasteiger partial charge in [0.05, 0.1) is 18.1 Å². The minimum atomic E-state index is -0.116. The first kappa shape index (κ1) is 16.0. The highest BCUT2D eigenvalue weighted by atomic mass is 35.5. The number of carbonyl (C=O) groups excluding carboxylic acids is 1. The van der Waals surface area contributed by atoms with Gasteiger partial charge < -0.3 is 10.1 Å². The van der Waals surface area contributed by atoms with Crippen LogP contribution in [-0.4, -0.2) is 38.6 Å². The van der Waals surface area contributed by atoms with E-state index in [9.17, 15) is 4.79 Å². The van der Waals surface area contributed by atoms with Crippen LogP contribution in [0, 0.1) is 0 Å². The Bertz CT molecular complexity index is 657. The van der Waals surface area contributed by atoms with E-state index in [0.29, 0.717) is 18.7 Å². The van der Waals surface area contributed by atoms with Gasteiger partial charge in [-0.3, -0.25) is 9.78 Å². The fourth-order valence-corrected chi connectivity index (χ4v) is 2.24. The second kappa shape index (κ2) is 7.56. The van der Waals surface area contributed by atoms with Gasteiger partial charge in [0, 0.05) is 25.4 Å². The van der Waals surface area contributed by atoms with Gasteiger partial charge in [-0.1, -0.05) is 11.6 Å². The zero-order valence-corrected chi connectivity index (χ0v) is 12.8. The molecule has 2 aromatic rings. The number of pyridine rings is 1. The van der Waals surface area contributed by atoms with E-state index in [2.05, 4.69) is 15.2 Å². The molecule has 2 rings (SSSR count). The molecule has 8 heteroatoms. The monoisotopic (exact) mass is 321 g/mol. The van der Waals surface area contributed by atoms with Crippen molar-refractivity contribution in [2.45, 2.75) is 19.8 Å². The lowest BCUT2D eigenvalue weighted by atomic mass is 10.3. The summed E-state index contributed by atoms with van der Waals surface area (Å²) in [5.74, 6) is -0.116. The first-order chi connectivity index (χ1) is 10.7. The van der Waals surface area contributed by atoms with E-state index in [1.807, 2.05) is 13.0 Å². The van der Waals surface area contributed by atoms with Crippen molar-refractivity contribution in [3.63, 3.8) is 0 Å². The molecule has 0 unspecified atom stereocenters. The minimum absolute atomic E-state index is 0.116. The summed E-state index contributed by atoms with van der Waals surface area (Å²) in [6.45, 7) is 2.32. The third-order valence-corrected chi connectivity index (χ3v) is 3.31. The standard InChI is InChI=1S/C14H16ClN5O2/c1-2-19(13(21)6-4-8-17-22)12-10-20(18-14(12)15)11-5-3-7-16-9-11/h3,5,7-10,22H,2,4,6H2,1H3. The van der Waals surface area contributed by atoms with Crippen molar-refractivity contribution in [3.05, 3.63) is 35.9 Å². The number of halogens is 1. The molecule has 0 fully saturated rings. The van der Waals surface area contributed by atoms with E-state index in [4.69, 9.17) is 16.8 Å². The molecule has 22 heavy (non-hydrogen) atoms. The topological polar surface area (TPSA) is 83.6 Å². The Morgan fingerprint density at radius 1 is 1.59 bits per heavy atom. The molecule has 0 aliphatic rings. The van der Waals surface area contributed by atoms with Gasteiger partial charge in [0.1, 0.15) is 5.69 Å². The summed E-state index contributed by atoms with van der Waals surface area (Å²) < 4.78 is 1.58. The molecule has 0 bridgehead atoms. The summed E-state index contributed by atoms with van der Waals surface area (Å²) in [5, 5.41) is 15.7. The number of nitrogens with zero attached hydrogens (tertiary/aromatic N) is 5. The van der Waals surface area contributed by atoms with Gasteiger partial charge in [-0.2, -0.15) is 5.10 Å². The van der Waals surface area contributed by atoms with Crippen molar-refractivity contribution in [2.75, 3.05) is 11.4 Å². The van der Waals surface area contributed by atoms with E-state index in [0.717, 1.165) is 5.69 Å². The molecule has 2 heterocycles. The van der Waals surface area contributed by atoms with Crippen LogP contribution >= 0.6 is 11.6 Å². The first-order valence-corrected chi connectivity index (χ1v) is 7.17. The van der Waals surface area contributed by atoms with Crippen molar-refractivity contribution in [2.24, 2.45) is 5.16 Å². The molecule has 0 radical (unpaired) electrons. The highest BCUT2D eigenvalue weighted by Gasteiger charge is 2.19. The highest BCUT2D eigenvalue weighted by Crippen LogP contribution is 2.26. The quantitative estimate of drug-likeness (QED) is 0.503. The van der Waals surface area contributed by atoms with Gasteiger partial charge in [0.25, 0.3) is 0 Å². The van der Waals surface area contributed by atoms with E-state index in [1.165, 1.54) is 6.21 Å². The van der Waals surface area contributed by atoms with Crippen LogP contribution in [-0.2, 0) is 4.79 Å². The Morgan fingerprint density at radius 2 is 2.41 bits per heavy atom. The molecule has 0 aromatic carbocycles. The Labute approximate surface area is 132 Å². The van der Waals surface area contributed by atoms with Crippen LogP contribution in [0.3, 0.4) is 0 Å². The number of anilines is 1. The van der Waals surface area contributed by atoms with Crippen molar-refractivity contribution < 1.29 is 10.0 Å². The molecule has 116 valence electrons. The molecule has 7 nitrogen and oxygen atoms in total. The summed E-state index contributed by atoms with van der Waals surface area (Å²) >= 11 is 6.16. The maximum atomic E-state index is 12.2. The molecule has 0 saturated carbocycles. The molecular formula is C14H16ClN5O2. The second-order valence-corrected chi connectivity index (χ2v) is 4.79. The van der Waals surface area contributed by atoms with Crippen molar-refractivity contribution in [1.82, 2.24) is 14.8 Å². The third kappa shape index (κ3) is 3.62. The Hall–Kier alpha value is -2.41. The summed E-state index contributed by atoms with van der Waals surface area (Å²) in [4.78, 5) is 17.8. The summed E-state index contributed by atoms with van der Waals surface area (Å²) in [6, 6.07) is 3.64. The second-order valence-electron chi connectivity index (χ2n) is 4.44. The Kier molecular flexibility index (Phi) is 5.48. The molecular weight excluding hydrogens is 306 g/mol. The maximum absolute atomic E-state index is 12.2.